The largest absolute Gasteiger partial charge is 0.465 e. The predicted octanol–water partition coefficient (Wildman–Crippen LogP) is 3.67. The summed E-state index contributed by atoms with van der Waals surface area (Å²) in [6, 6.07) is 10.8. The van der Waals surface area contributed by atoms with E-state index in [2.05, 4.69) is 10.4 Å². The fourth-order valence-electron chi connectivity index (χ4n) is 2.66. The first-order chi connectivity index (χ1) is 12.9. The number of rotatable bonds is 4. The van der Waals surface area contributed by atoms with Gasteiger partial charge in [-0.25, -0.2) is 13.9 Å². The van der Waals surface area contributed by atoms with Gasteiger partial charge in [0, 0.05) is 11.9 Å². The molecular weight excluding hydrogens is 349 g/mol. The standard InChI is InChI=1S/C20H18FN3O3/c1-12-9-15(11-17(13(12)2)20(26)27-3)22-19(25)18-7-8-24(23-18)16-6-4-5-14(21)10-16/h4-11H,1-3H3,(H,22,25). The number of hydrogen-bond acceptors (Lipinski definition) is 4. The summed E-state index contributed by atoms with van der Waals surface area (Å²) in [5.74, 6) is -1.30. The van der Waals surface area contributed by atoms with Crippen molar-refractivity contribution in [2.75, 3.05) is 12.4 Å². The molecule has 0 aliphatic rings. The Hall–Kier alpha value is -3.48. The van der Waals surface area contributed by atoms with Gasteiger partial charge in [-0.1, -0.05) is 6.07 Å². The number of anilines is 1. The molecule has 2 aromatic carbocycles. The van der Waals surface area contributed by atoms with Crippen LogP contribution in [0.5, 0.6) is 0 Å². The van der Waals surface area contributed by atoms with E-state index in [1.807, 2.05) is 13.8 Å². The number of aromatic nitrogens is 2. The number of carbonyl (C=O) groups excluding carboxylic acids is 2. The van der Waals surface area contributed by atoms with Gasteiger partial charge in [0.2, 0.25) is 0 Å². The molecule has 0 aliphatic heterocycles. The normalized spacial score (nSPS) is 10.5. The molecule has 0 radical (unpaired) electrons. The highest BCUT2D eigenvalue weighted by Gasteiger charge is 2.16. The molecule has 0 unspecified atom stereocenters. The Morgan fingerprint density at radius 2 is 1.93 bits per heavy atom. The van der Waals surface area contributed by atoms with Gasteiger partial charge < -0.3 is 10.1 Å². The summed E-state index contributed by atoms with van der Waals surface area (Å²) in [7, 11) is 1.31. The van der Waals surface area contributed by atoms with Crippen LogP contribution in [0.1, 0.15) is 32.0 Å². The zero-order valence-electron chi connectivity index (χ0n) is 15.1. The molecule has 1 N–H and O–H groups in total. The molecule has 27 heavy (non-hydrogen) atoms. The highest BCUT2D eigenvalue weighted by Crippen LogP contribution is 2.21. The summed E-state index contributed by atoms with van der Waals surface area (Å²) in [6.07, 6.45) is 1.57. The lowest BCUT2D eigenvalue weighted by molar-refractivity contribution is 0.0599. The molecule has 7 heteroatoms. The van der Waals surface area contributed by atoms with E-state index in [0.717, 1.165) is 11.1 Å². The maximum absolute atomic E-state index is 13.4. The lowest BCUT2D eigenvalue weighted by atomic mass is 10.0. The molecule has 0 spiro atoms. The van der Waals surface area contributed by atoms with Crippen molar-refractivity contribution in [1.82, 2.24) is 9.78 Å². The van der Waals surface area contributed by atoms with Gasteiger partial charge in [0.05, 0.1) is 18.4 Å². The highest BCUT2D eigenvalue weighted by atomic mass is 19.1. The van der Waals surface area contributed by atoms with Crippen LogP contribution >= 0.6 is 0 Å². The summed E-state index contributed by atoms with van der Waals surface area (Å²) >= 11 is 0. The molecule has 0 fully saturated rings. The number of nitrogens with one attached hydrogen (secondary N) is 1. The molecule has 0 saturated heterocycles. The van der Waals surface area contributed by atoms with Gasteiger partial charge in [-0.15, -0.1) is 0 Å². The highest BCUT2D eigenvalue weighted by molar-refractivity contribution is 6.03. The van der Waals surface area contributed by atoms with Crippen LogP contribution in [-0.4, -0.2) is 28.8 Å². The molecule has 0 atom stereocenters. The summed E-state index contributed by atoms with van der Waals surface area (Å²) in [5.41, 5.74) is 3.15. The molecule has 138 valence electrons. The number of halogens is 1. The lowest BCUT2D eigenvalue weighted by Crippen LogP contribution is -2.15. The van der Waals surface area contributed by atoms with E-state index in [1.165, 1.54) is 30.0 Å². The molecule has 0 aliphatic carbocycles. The molecule has 3 rings (SSSR count). The third-order valence-electron chi connectivity index (χ3n) is 4.22. The fraction of sp³-hybridized carbons (Fsp3) is 0.150. The maximum atomic E-state index is 13.4. The van der Waals surface area contributed by atoms with Gasteiger partial charge in [-0.05, 0) is 61.4 Å². The number of nitrogens with zero attached hydrogens (tertiary/aromatic N) is 2. The zero-order chi connectivity index (χ0) is 19.6. The zero-order valence-corrected chi connectivity index (χ0v) is 15.1. The fourth-order valence-corrected chi connectivity index (χ4v) is 2.66. The number of methoxy groups -OCH3 is 1. The third-order valence-corrected chi connectivity index (χ3v) is 4.22. The molecular formula is C20H18FN3O3. The number of carbonyl (C=O) groups is 2. The molecule has 1 aromatic heterocycles. The van der Waals surface area contributed by atoms with Crippen molar-refractivity contribution in [2.24, 2.45) is 0 Å². The third kappa shape index (κ3) is 3.87. The van der Waals surface area contributed by atoms with Crippen LogP contribution in [0.25, 0.3) is 5.69 Å². The Morgan fingerprint density at radius 3 is 2.63 bits per heavy atom. The van der Waals surface area contributed by atoms with Crippen molar-refractivity contribution in [3.63, 3.8) is 0 Å². The second-order valence-corrected chi connectivity index (χ2v) is 6.04. The molecule has 3 aromatic rings. The monoisotopic (exact) mass is 367 g/mol. The van der Waals surface area contributed by atoms with Crippen molar-refractivity contribution >= 4 is 17.6 Å². The van der Waals surface area contributed by atoms with Crippen LogP contribution in [0.15, 0.2) is 48.7 Å². The van der Waals surface area contributed by atoms with Crippen molar-refractivity contribution < 1.29 is 18.7 Å². The van der Waals surface area contributed by atoms with Crippen molar-refractivity contribution in [3.05, 3.63) is 76.9 Å². The molecule has 0 saturated carbocycles. The summed E-state index contributed by atoms with van der Waals surface area (Å²) in [5, 5.41) is 6.90. The maximum Gasteiger partial charge on any atom is 0.338 e. The topological polar surface area (TPSA) is 73.2 Å². The minimum atomic E-state index is -0.470. The lowest BCUT2D eigenvalue weighted by Gasteiger charge is -2.11. The van der Waals surface area contributed by atoms with E-state index < -0.39 is 11.9 Å². The van der Waals surface area contributed by atoms with Crippen LogP contribution < -0.4 is 5.32 Å². The first-order valence-electron chi connectivity index (χ1n) is 8.21. The van der Waals surface area contributed by atoms with Gasteiger partial charge >= 0.3 is 5.97 Å². The van der Waals surface area contributed by atoms with Crippen molar-refractivity contribution in [1.29, 1.82) is 0 Å². The number of aryl methyl sites for hydroxylation is 1. The first-order valence-corrected chi connectivity index (χ1v) is 8.21. The molecule has 6 nitrogen and oxygen atoms in total. The quantitative estimate of drug-likeness (QED) is 0.714. The average molecular weight is 367 g/mol. The average Bonchev–Trinajstić information content (AvgIpc) is 3.14. The molecule has 1 heterocycles. The van der Waals surface area contributed by atoms with Crippen molar-refractivity contribution in [3.8, 4) is 5.69 Å². The van der Waals surface area contributed by atoms with E-state index in [1.54, 1.807) is 30.5 Å². The Kier molecular flexibility index (Phi) is 5.03. The van der Waals surface area contributed by atoms with Crippen LogP contribution in [0.4, 0.5) is 10.1 Å². The van der Waals surface area contributed by atoms with Crippen LogP contribution in [0.3, 0.4) is 0 Å². The Balaban J connectivity index is 1.84. The Labute approximate surface area is 155 Å². The summed E-state index contributed by atoms with van der Waals surface area (Å²) < 4.78 is 19.5. The first kappa shape index (κ1) is 18.3. The Morgan fingerprint density at radius 1 is 1.15 bits per heavy atom. The van der Waals surface area contributed by atoms with E-state index in [9.17, 15) is 14.0 Å². The number of hydrogen-bond donors (Lipinski definition) is 1. The van der Waals surface area contributed by atoms with E-state index >= 15 is 0 Å². The van der Waals surface area contributed by atoms with Crippen LogP contribution in [0, 0.1) is 19.7 Å². The summed E-state index contributed by atoms with van der Waals surface area (Å²) in [4.78, 5) is 24.4. The van der Waals surface area contributed by atoms with Gasteiger partial charge in [0.25, 0.3) is 5.91 Å². The van der Waals surface area contributed by atoms with Gasteiger partial charge in [-0.2, -0.15) is 5.10 Å². The molecule has 1 amide bonds. The minimum Gasteiger partial charge on any atom is -0.465 e. The Bertz CT molecular complexity index is 1030. The minimum absolute atomic E-state index is 0.164. The SMILES string of the molecule is COC(=O)c1cc(NC(=O)c2ccn(-c3cccc(F)c3)n2)cc(C)c1C. The predicted molar refractivity (Wildman–Crippen MR) is 98.7 cm³/mol. The van der Waals surface area contributed by atoms with Gasteiger partial charge in [0.1, 0.15) is 5.82 Å². The number of ether oxygens (including phenoxy) is 1. The number of benzene rings is 2. The van der Waals surface area contributed by atoms with E-state index in [-0.39, 0.29) is 11.5 Å². The second kappa shape index (κ2) is 7.41. The summed E-state index contributed by atoms with van der Waals surface area (Å²) in [6.45, 7) is 3.66. The molecule has 0 bridgehead atoms. The second-order valence-electron chi connectivity index (χ2n) is 6.04. The van der Waals surface area contributed by atoms with Crippen molar-refractivity contribution in [2.45, 2.75) is 13.8 Å². The van der Waals surface area contributed by atoms with Gasteiger partial charge in [0.15, 0.2) is 5.69 Å². The van der Waals surface area contributed by atoms with Crippen LogP contribution in [-0.2, 0) is 4.74 Å². The van der Waals surface area contributed by atoms with E-state index in [0.29, 0.717) is 16.9 Å². The van der Waals surface area contributed by atoms with Crippen LogP contribution in [0.2, 0.25) is 0 Å². The van der Waals surface area contributed by atoms with E-state index in [4.69, 9.17) is 4.74 Å². The smallest absolute Gasteiger partial charge is 0.338 e. The van der Waals surface area contributed by atoms with Gasteiger partial charge in [-0.3, -0.25) is 4.79 Å². The number of amides is 1. The number of esters is 1.